The predicted octanol–water partition coefficient (Wildman–Crippen LogP) is 2.59. The molecule has 1 aromatic carbocycles. The van der Waals surface area contributed by atoms with Gasteiger partial charge in [-0.3, -0.25) is 9.69 Å². The molecular weight excluding hydrogens is 221 g/mol. The lowest BCUT2D eigenvalue weighted by atomic mass is 9.95. The molecule has 1 saturated heterocycles. The Hall–Kier alpha value is -1.42. The van der Waals surface area contributed by atoms with Crippen LogP contribution in [-0.2, 0) is 16.1 Å². The number of hydrogen-bond donors (Lipinski definition) is 0. The molecule has 0 aliphatic carbocycles. The molecule has 0 aromatic heterocycles. The summed E-state index contributed by atoms with van der Waals surface area (Å²) in [5.74, 6) is -0.295. The van der Waals surface area contributed by atoms with Crippen LogP contribution in [0.1, 0.15) is 31.7 Å². The Balaban J connectivity index is 2.14. The highest BCUT2D eigenvalue weighted by molar-refractivity contribution is 5.96. The predicted molar refractivity (Wildman–Crippen MR) is 60.9 cm³/mol. The van der Waals surface area contributed by atoms with Crippen LogP contribution in [0.25, 0.3) is 0 Å². The molecule has 1 aromatic rings. The number of ether oxygens (including phenoxy) is 1. The van der Waals surface area contributed by atoms with Gasteiger partial charge in [0.05, 0.1) is 12.3 Å². The van der Waals surface area contributed by atoms with Gasteiger partial charge in [-0.15, -0.1) is 0 Å². The van der Waals surface area contributed by atoms with Gasteiger partial charge in [-0.2, -0.15) is 0 Å². The van der Waals surface area contributed by atoms with E-state index < -0.39 is 5.72 Å². The summed E-state index contributed by atoms with van der Waals surface area (Å²) in [6, 6.07) is 4.52. The van der Waals surface area contributed by atoms with Crippen LogP contribution >= 0.6 is 0 Å². The van der Waals surface area contributed by atoms with Crippen LogP contribution in [-0.4, -0.2) is 11.6 Å². The van der Waals surface area contributed by atoms with Crippen molar-refractivity contribution in [3.8, 4) is 0 Å². The monoisotopic (exact) mass is 235 g/mol. The zero-order chi connectivity index (χ0) is 12.0. The van der Waals surface area contributed by atoms with Gasteiger partial charge in [-0.25, -0.2) is 4.39 Å². The third-order valence-electron chi connectivity index (χ3n) is 3.58. The van der Waals surface area contributed by atoms with Gasteiger partial charge in [-0.1, -0.05) is 6.07 Å². The highest BCUT2D eigenvalue weighted by Gasteiger charge is 2.44. The van der Waals surface area contributed by atoms with Crippen molar-refractivity contribution >= 4 is 11.6 Å². The van der Waals surface area contributed by atoms with Crippen LogP contribution in [0.4, 0.5) is 10.1 Å². The summed E-state index contributed by atoms with van der Waals surface area (Å²) in [5, 5.41) is 0. The van der Waals surface area contributed by atoms with E-state index in [-0.39, 0.29) is 11.7 Å². The Morgan fingerprint density at radius 3 is 3.12 bits per heavy atom. The second-order valence-corrected chi connectivity index (χ2v) is 4.82. The number of benzene rings is 1. The van der Waals surface area contributed by atoms with E-state index in [1.54, 1.807) is 11.0 Å². The van der Waals surface area contributed by atoms with Crippen molar-refractivity contribution in [2.75, 3.05) is 4.90 Å². The molecule has 1 fully saturated rings. The van der Waals surface area contributed by atoms with E-state index in [1.165, 1.54) is 12.1 Å². The van der Waals surface area contributed by atoms with E-state index in [1.807, 2.05) is 6.92 Å². The SMILES string of the molecule is CC12CCCC(=O)N1c1cc(F)ccc1CO2. The molecule has 2 aliphatic rings. The largest absolute Gasteiger partial charge is 0.351 e. The van der Waals surface area contributed by atoms with Crippen molar-refractivity contribution in [1.82, 2.24) is 0 Å². The number of halogens is 1. The minimum absolute atomic E-state index is 0.0188. The summed E-state index contributed by atoms with van der Waals surface area (Å²) in [7, 11) is 0. The van der Waals surface area contributed by atoms with E-state index in [9.17, 15) is 9.18 Å². The Kier molecular flexibility index (Phi) is 2.23. The molecule has 0 bridgehead atoms. The molecule has 2 aliphatic heterocycles. The summed E-state index contributed by atoms with van der Waals surface area (Å²) in [4.78, 5) is 13.7. The first-order chi connectivity index (χ1) is 8.10. The highest BCUT2D eigenvalue weighted by Crippen LogP contribution is 2.41. The number of carbonyl (C=O) groups is 1. The van der Waals surface area contributed by atoms with E-state index in [4.69, 9.17) is 4.74 Å². The number of carbonyl (C=O) groups excluding carboxylic acids is 1. The van der Waals surface area contributed by atoms with Crippen molar-refractivity contribution < 1.29 is 13.9 Å². The second kappa shape index (κ2) is 3.53. The molecule has 3 rings (SSSR count). The Morgan fingerprint density at radius 2 is 2.29 bits per heavy atom. The van der Waals surface area contributed by atoms with Gasteiger partial charge in [0.1, 0.15) is 11.5 Å². The van der Waals surface area contributed by atoms with Gasteiger partial charge in [0.15, 0.2) is 0 Å². The minimum Gasteiger partial charge on any atom is -0.351 e. The van der Waals surface area contributed by atoms with Crippen LogP contribution in [0.15, 0.2) is 18.2 Å². The summed E-state index contributed by atoms with van der Waals surface area (Å²) < 4.78 is 19.1. The van der Waals surface area contributed by atoms with Gasteiger partial charge in [0.2, 0.25) is 5.91 Å². The fourth-order valence-corrected chi connectivity index (χ4v) is 2.68. The van der Waals surface area contributed by atoms with E-state index in [0.717, 1.165) is 18.4 Å². The number of fused-ring (bicyclic) bond motifs is 3. The van der Waals surface area contributed by atoms with Gasteiger partial charge in [0.25, 0.3) is 0 Å². The molecule has 0 saturated carbocycles. The van der Waals surface area contributed by atoms with Crippen molar-refractivity contribution in [2.45, 2.75) is 38.5 Å². The molecule has 0 radical (unpaired) electrons. The molecule has 0 N–H and O–H groups in total. The third-order valence-corrected chi connectivity index (χ3v) is 3.58. The van der Waals surface area contributed by atoms with Crippen molar-refractivity contribution in [3.05, 3.63) is 29.6 Å². The summed E-state index contributed by atoms with van der Waals surface area (Å²) in [6.07, 6.45) is 2.14. The van der Waals surface area contributed by atoms with Crippen LogP contribution in [0, 0.1) is 5.82 Å². The smallest absolute Gasteiger partial charge is 0.229 e. The lowest BCUT2D eigenvalue weighted by Crippen LogP contribution is -2.57. The zero-order valence-corrected chi connectivity index (χ0v) is 9.70. The first-order valence-electron chi connectivity index (χ1n) is 5.86. The number of anilines is 1. The number of rotatable bonds is 0. The summed E-state index contributed by atoms with van der Waals surface area (Å²) in [6.45, 7) is 2.34. The van der Waals surface area contributed by atoms with Crippen LogP contribution in [0.5, 0.6) is 0 Å². The first-order valence-corrected chi connectivity index (χ1v) is 5.86. The first kappa shape index (κ1) is 10.7. The highest BCUT2D eigenvalue weighted by atomic mass is 19.1. The minimum atomic E-state index is -0.601. The fourth-order valence-electron chi connectivity index (χ4n) is 2.68. The quantitative estimate of drug-likeness (QED) is 0.691. The molecule has 17 heavy (non-hydrogen) atoms. The fraction of sp³-hybridized carbons (Fsp3) is 0.462. The lowest BCUT2D eigenvalue weighted by molar-refractivity contribution is -0.133. The van der Waals surface area contributed by atoms with E-state index in [0.29, 0.717) is 18.7 Å². The number of nitrogens with zero attached hydrogens (tertiary/aromatic N) is 1. The van der Waals surface area contributed by atoms with Gasteiger partial charge in [-0.05, 0) is 31.9 Å². The average Bonchev–Trinajstić information content (AvgIpc) is 2.28. The van der Waals surface area contributed by atoms with Crippen molar-refractivity contribution in [3.63, 3.8) is 0 Å². The second-order valence-electron chi connectivity index (χ2n) is 4.82. The number of hydrogen-bond acceptors (Lipinski definition) is 2. The van der Waals surface area contributed by atoms with Crippen LogP contribution in [0.3, 0.4) is 0 Å². The topological polar surface area (TPSA) is 29.5 Å². The van der Waals surface area contributed by atoms with Crippen molar-refractivity contribution in [1.29, 1.82) is 0 Å². The van der Waals surface area contributed by atoms with Crippen LogP contribution < -0.4 is 4.90 Å². The Labute approximate surface area is 99.2 Å². The zero-order valence-electron chi connectivity index (χ0n) is 9.70. The average molecular weight is 235 g/mol. The Morgan fingerprint density at radius 1 is 1.47 bits per heavy atom. The van der Waals surface area contributed by atoms with Gasteiger partial charge >= 0.3 is 0 Å². The molecular formula is C13H14FNO2. The maximum atomic E-state index is 13.3. The summed E-state index contributed by atoms with van der Waals surface area (Å²) in [5.41, 5.74) is 0.943. The summed E-state index contributed by atoms with van der Waals surface area (Å²) >= 11 is 0. The molecule has 1 unspecified atom stereocenters. The van der Waals surface area contributed by atoms with E-state index in [2.05, 4.69) is 0 Å². The van der Waals surface area contributed by atoms with Crippen LogP contribution in [0.2, 0.25) is 0 Å². The Bertz CT molecular complexity index is 488. The standard InChI is InChI=1S/C13H14FNO2/c1-13-6-2-3-12(16)15(13)11-7-10(14)5-4-9(11)8-17-13/h4-5,7H,2-3,6,8H2,1H3. The number of amides is 1. The molecule has 90 valence electrons. The molecule has 1 atom stereocenters. The molecule has 4 heteroatoms. The maximum absolute atomic E-state index is 13.3. The molecule has 0 spiro atoms. The van der Waals surface area contributed by atoms with E-state index >= 15 is 0 Å². The molecule has 2 heterocycles. The van der Waals surface area contributed by atoms with Crippen molar-refractivity contribution in [2.24, 2.45) is 0 Å². The maximum Gasteiger partial charge on any atom is 0.229 e. The molecule has 1 amide bonds. The molecule has 3 nitrogen and oxygen atoms in total. The van der Waals surface area contributed by atoms with Gasteiger partial charge < -0.3 is 4.74 Å². The van der Waals surface area contributed by atoms with Gasteiger partial charge in [0, 0.05) is 12.0 Å². The normalized spacial score (nSPS) is 27.6. The number of piperidine rings is 1. The lowest BCUT2D eigenvalue weighted by Gasteiger charge is -2.47. The third kappa shape index (κ3) is 1.55.